The fraction of sp³-hybridized carbons (Fsp3) is 0.364. The highest BCUT2D eigenvalue weighted by Crippen LogP contribution is 2.26. The summed E-state index contributed by atoms with van der Waals surface area (Å²) in [7, 11) is 0. The molecule has 0 atom stereocenters. The number of piperazine rings is 1. The third kappa shape index (κ3) is 3.64. The topological polar surface area (TPSA) is 40.9 Å². The van der Waals surface area contributed by atoms with E-state index in [0.717, 1.165) is 72.5 Å². The van der Waals surface area contributed by atoms with Crippen molar-refractivity contribution < 1.29 is 0 Å². The average Bonchev–Trinajstić information content (AvgIpc) is 2.68. The Balaban J connectivity index is 1.44. The second-order valence-electron chi connectivity index (χ2n) is 7.37. The lowest BCUT2D eigenvalue weighted by molar-refractivity contribution is 0.260. The molecule has 0 radical (unpaired) electrons. The number of hydrogen-bond acceptors (Lipinski definition) is 4. The van der Waals surface area contributed by atoms with E-state index in [-0.39, 0.29) is 5.56 Å². The lowest BCUT2D eigenvalue weighted by atomic mass is 10.1. The van der Waals surface area contributed by atoms with Gasteiger partial charge in [-0.25, -0.2) is 4.98 Å². The second-order valence-corrected chi connectivity index (χ2v) is 7.78. The zero-order chi connectivity index (χ0) is 19.7. The van der Waals surface area contributed by atoms with E-state index in [2.05, 4.69) is 20.9 Å². The van der Waals surface area contributed by atoms with Crippen LogP contribution in [0.5, 0.6) is 0 Å². The first-order valence-corrected chi connectivity index (χ1v) is 10.1. The molecule has 1 aliphatic heterocycles. The van der Waals surface area contributed by atoms with Gasteiger partial charge in [-0.2, -0.15) is 0 Å². The molecule has 6 heteroatoms. The summed E-state index contributed by atoms with van der Waals surface area (Å²) in [5.41, 5.74) is 4.47. The van der Waals surface area contributed by atoms with Gasteiger partial charge in [0.2, 0.25) is 0 Å². The van der Waals surface area contributed by atoms with Crippen molar-refractivity contribution in [3.63, 3.8) is 0 Å². The van der Waals surface area contributed by atoms with Gasteiger partial charge >= 0.3 is 0 Å². The van der Waals surface area contributed by atoms with Gasteiger partial charge in [0.15, 0.2) is 0 Å². The molecule has 28 heavy (non-hydrogen) atoms. The predicted molar refractivity (Wildman–Crippen MR) is 115 cm³/mol. The largest absolute Gasteiger partial charge is 0.368 e. The van der Waals surface area contributed by atoms with Gasteiger partial charge in [-0.1, -0.05) is 29.8 Å². The minimum Gasteiger partial charge on any atom is -0.368 e. The summed E-state index contributed by atoms with van der Waals surface area (Å²) >= 11 is 6.33. The van der Waals surface area contributed by atoms with Crippen LogP contribution in [0.3, 0.4) is 0 Å². The quantitative estimate of drug-likeness (QED) is 0.678. The Labute approximate surface area is 170 Å². The van der Waals surface area contributed by atoms with Crippen LogP contribution in [0.25, 0.3) is 5.65 Å². The van der Waals surface area contributed by atoms with Gasteiger partial charge in [0.25, 0.3) is 5.56 Å². The molecule has 0 aliphatic carbocycles. The Morgan fingerprint density at radius 2 is 1.75 bits per heavy atom. The van der Waals surface area contributed by atoms with Crippen molar-refractivity contribution in [1.29, 1.82) is 0 Å². The molecule has 0 spiro atoms. The Hall–Kier alpha value is -2.37. The highest BCUT2D eigenvalue weighted by Gasteiger charge is 2.19. The zero-order valence-electron chi connectivity index (χ0n) is 16.4. The number of anilines is 1. The Kier molecular flexibility index (Phi) is 5.38. The minimum atomic E-state index is 0.0651. The summed E-state index contributed by atoms with van der Waals surface area (Å²) in [6.45, 7) is 8.56. The molecular weight excluding hydrogens is 372 g/mol. The number of nitrogens with zero attached hydrogens (tertiary/aromatic N) is 4. The molecule has 1 saturated heterocycles. The molecule has 146 valence electrons. The molecular formula is C22H25ClN4O. The Morgan fingerprint density at radius 3 is 2.50 bits per heavy atom. The molecule has 0 bridgehead atoms. The predicted octanol–water partition coefficient (Wildman–Crippen LogP) is 3.33. The smallest absolute Gasteiger partial charge is 0.261 e. The van der Waals surface area contributed by atoms with Crippen molar-refractivity contribution in [3.05, 3.63) is 74.8 Å². The average molecular weight is 397 g/mol. The van der Waals surface area contributed by atoms with E-state index >= 15 is 0 Å². The second kappa shape index (κ2) is 7.94. The van der Waals surface area contributed by atoms with E-state index in [4.69, 9.17) is 11.6 Å². The van der Waals surface area contributed by atoms with Gasteiger partial charge in [0.05, 0.1) is 10.7 Å². The molecule has 4 rings (SSSR count). The van der Waals surface area contributed by atoms with Crippen molar-refractivity contribution in [2.75, 3.05) is 37.6 Å². The number of rotatable bonds is 4. The van der Waals surface area contributed by atoms with Gasteiger partial charge in [-0.05, 0) is 44.5 Å². The number of fused-ring (bicyclic) bond motifs is 1. The summed E-state index contributed by atoms with van der Waals surface area (Å²) in [4.78, 5) is 22.4. The zero-order valence-corrected chi connectivity index (χ0v) is 17.1. The van der Waals surface area contributed by atoms with Crippen molar-refractivity contribution in [2.24, 2.45) is 0 Å². The number of aryl methyl sites for hydroxylation is 2. The van der Waals surface area contributed by atoms with Crippen molar-refractivity contribution in [1.82, 2.24) is 14.3 Å². The normalized spacial score (nSPS) is 15.3. The van der Waals surface area contributed by atoms with Crippen LogP contribution in [0.2, 0.25) is 5.02 Å². The summed E-state index contributed by atoms with van der Waals surface area (Å²) in [6.07, 6.45) is 0.723. The van der Waals surface area contributed by atoms with E-state index in [1.54, 1.807) is 4.40 Å². The summed E-state index contributed by atoms with van der Waals surface area (Å²) < 4.78 is 1.72. The van der Waals surface area contributed by atoms with E-state index in [1.807, 2.05) is 50.2 Å². The molecule has 0 amide bonds. The van der Waals surface area contributed by atoms with Gasteiger partial charge in [-0.3, -0.25) is 14.1 Å². The van der Waals surface area contributed by atoms with Crippen LogP contribution < -0.4 is 10.5 Å². The monoisotopic (exact) mass is 396 g/mol. The Morgan fingerprint density at radius 1 is 1.00 bits per heavy atom. The number of hydrogen-bond donors (Lipinski definition) is 0. The number of aromatic nitrogens is 2. The fourth-order valence-electron chi connectivity index (χ4n) is 3.96. The summed E-state index contributed by atoms with van der Waals surface area (Å²) in [5.74, 6) is 0. The van der Waals surface area contributed by atoms with Crippen LogP contribution in [0.15, 0.2) is 47.3 Å². The molecule has 0 unspecified atom stereocenters. The summed E-state index contributed by atoms with van der Waals surface area (Å²) in [5, 5.41) is 0.803. The number of pyridine rings is 1. The van der Waals surface area contributed by atoms with E-state index in [1.165, 1.54) is 0 Å². The molecule has 5 nitrogen and oxygen atoms in total. The van der Waals surface area contributed by atoms with Crippen LogP contribution >= 0.6 is 11.6 Å². The highest BCUT2D eigenvalue weighted by molar-refractivity contribution is 6.33. The number of benzene rings is 1. The van der Waals surface area contributed by atoms with Crippen LogP contribution in [0, 0.1) is 13.8 Å². The highest BCUT2D eigenvalue weighted by atomic mass is 35.5. The molecule has 1 aromatic carbocycles. The van der Waals surface area contributed by atoms with Gasteiger partial charge in [0, 0.05) is 49.7 Å². The van der Waals surface area contributed by atoms with Crippen LogP contribution in [0.4, 0.5) is 5.69 Å². The van der Waals surface area contributed by atoms with Crippen molar-refractivity contribution in [2.45, 2.75) is 20.3 Å². The molecule has 0 saturated carbocycles. The summed E-state index contributed by atoms with van der Waals surface area (Å²) in [6, 6.07) is 13.8. The number of halogens is 1. The minimum absolute atomic E-state index is 0.0651. The van der Waals surface area contributed by atoms with E-state index in [0.29, 0.717) is 0 Å². The first-order valence-electron chi connectivity index (χ1n) is 9.74. The third-order valence-electron chi connectivity index (χ3n) is 5.59. The molecule has 1 aliphatic rings. The van der Waals surface area contributed by atoms with Crippen LogP contribution in [0.1, 0.15) is 17.0 Å². The SMILES string of the molecule is Cc1nc2cccc(C)n2c(=O)c1CCN1CCN(c2ccccc2Cl)CC1. The van der Waals surface area contributed by atoms with Gasteiger partial charge in [-0.15, -0.1) is 0 Å². The molecule has 2 aromatic heterocycles. The Bertz CT molecular complexity index is 1050. The van der Waals surface area contributed by atoms with Gasteiger partial charge in [0.1, 0.15) is 5.65 Å². The van der Waals surface area contributed by atoms with Crippen molar-refractivity contribution >= 4 is 22.9 Å². The standard InChI is InChI=1S/C22H25ClN4O/c1-16-6-5-9-21-24-17(2)18(22(28)27(16)21)10-11-25-12-14-26(15-13-25)20-8-4-3-7-19(20)23/h3-9H,10-15H2,1-2H3. The van der Waals surface area contributed by atoms with Crippen LogP contribution in [-0.2, 0) is 6.42 Å². The van der Waals surface area contributed by atoms with Crippen molar-refractivity contribution in [3.8, 4) is 0 Å². The third-order valence-corrected chi connectivity index (χ3v) is 5.91. The lowest BCUT2D eigenvalue weighted by Gasteiger charge is -2.36. The van der Waals surface area contributed by atoms with Gasteiger partial charge < -0.3 is 4.90 Å². The first-order chi connectivity index (χ1) is 13.5. The maximum absolute atomic E-state index is 13.0. The molecule has 3 heterocycles. The molecule has 0 N–H and O–H groups in total. The first kappa shape index (κ1) is 19.0. The fourth-order valence-corrected chi connectivity index (χ4v) is 4.22. The lowest BCUT2D eigenvalue weighted by Crippen LogP contribution is -2.47. The number of para-hydroxylation sites is 1. The maximum Gasteiger partial charge on any atom is 0.261 e. The molecule has 1 fully saturated rings. The van der Waals surface area contributed by atoms with E-state index in [9.17, 15) is 4.79 Å². The maximum atomic E-state index is 13.0. The van der Waals surface area contributed by atoms with E-state index < -0.39 is 0 Å². The molecule has 3 aromatic rings. The van der Waals surface area contributed by atoms with Crippen LogP contribution in [-0.4, -0.2) is 47.0 Å².